The maximum absolute atomic E-state index is 12.8. The first kappa shape index (κ1) is 21.3. The van der Waals surface area contributed by atoms with Gasteiger partial charge in [0.15, 0.2) is 11.2 Å². The molecule has 0 fully saturated rings. The van der Waals surface area contributed by atoms with Crippen molar-refractivity contribution in [1.29, 1.82) is 0 Å². The van der Waals surface area contributed by atoms with E-state index in [2.05, 4.69) is 20.6 Å². The van der Waals surface area contributed by atoms with Gasteiger partial charge in [-0.05, 0) is 35.9 Å². The third kappa shape index (κ3) is 4.40. The van der Waals surface area contributed by atoms with Gasteiger partial charge in [0, 0.05) is 5.69 Å². The van der Waals surface area contributed by atoms with Crippen molar-refractivity contribution in [2.24, 2.45) is 0 Å². The van der Waals surface area contributed by atoms with E-state index in [-0.39, 0.29) is 12.1 Å². The Labute approximate surface area is 187 Å². The molecular weight excluding hydrogens is 436 g/mol. The van der Waals surface area contributed by atoms with Crippen LogP contribution in [0.1, 0.15) is 5.56 Å². The van der Waals surface area contributed by atoms with Gasteiger partial charge in [-0.2, -0.15) is 0 Å². The van der Waals surface area contributed by atoms with Crippen molar-refractivity contribution in [3.8, 4) is 11.5 Å². The van der Waals surface area contributed by atoms with Gasteiger partial charge < -0.3 is 14.8 Å². The predicted molar refractivity (Wildman–Crippen MR) is 118 cm³/mol. The molecule has 0 bridgehead atoms. The first-order valence-corrected chi connectivity index (χ1v) is 9.91. The maximum Gasteiger partial charge on any atom is 0.283 e. The molecule has 2 aromatic carbocycles. The second-order valence-electron chi connectivity index (χ2n) is 6.85. The molecule has 4 rings (SSSR count). The van der Waals surface area contributed by atoms with Crippen LogP contribution >= 0.6 is 11.6 Å². The molecule has 10 nitrogen and oxygen atoms in total. The number of rotatable bonds is 7. The summed E-state index contributed by atoms with van der Waals surface area (Å²) in [6, 6.07) is 12.3. The summed E-state index contributed by atoms with van der Waals surface area (Å²) in [5, 5.41) is 11.1. The van der Waals surface area contributed by atoms with Gasteiger partial charge in [-0.3, -0.25) is 14.2 Å². The Morgan fingerprint density at radius 1 is 1.16 bits per heavy atom. The van der Waals surface area contributed by atoms with Crippen LogP contribution in [-0.4, -0.2) is 44.7 Å². The number of carbonyl (C=O) groups is 1. The molecule has 2 aromatic heterocycles. The van der Waals surface area contributed by atoms with Crippen LogP contribution in [0.4, 0.5) is 5.69 Å². The lowest BCUT2D eigenvalue weighted by molar-refractivity contribution is -0.116. The summed E-state index contributed by atoms with van der Waals surface area (Å²) >= 11 is 6.07. The maximum atomic E-state index is 12.8. The largest absolute Gasteiger partial charge is 0.497 e. The Bertz CT molecular complexity index is 1350. The summed E-state index contributed by atoms with van der Waals surface area (Å²) in [6.45, 7) is 0.122. The average Bonchev–Trinajstić information content (AvgIpc) is 3.19. The summed E-state index contributed by atoms with van der Waals surface area (Å²) < 4.78 is 13.0. The van der Waals surface area contributed by atoms with Gasteiger partial charge in [-0.25, -0.2) is 9.67 Å². The third-order valence-corrected chi connectivity index (χ3v) is 5.00. The molecule has 0 radical (unpaired) electrons. The number of nitrogens with zero attached hydrogens (tertiary/aromatic N) is 5. The highest BCUT2D eigenvalue weighted by molar-refractivity contribution is 6.32. The molecule has 0 aliphatic carbocycles. The SMILES string of the molecule is COc1cccc(Cn2nnc3c(=O)n(CC(=O)Nc4ccc(OC)c(Cl)c4)cnc32)c1. The number of amides is 1. The van der Waals surface area contributed by atoms with Crippen molar-refractivity contribution in [3.05, 3.63) is 69.7 Å². The first-order valence-electron chi connectivity index (χ1n) is 9.53. The number of ether oxygens (including phenoxy) is 2. The number of aromatic nitrogens is 5. The number of nitrogens with one attached hydrogen (secondary N) is 1. The van der Waals surface area contributed by atoms with Crippen molar-refractivity contribution >= 4 is 34.4 Å². The fourth-order valence-electron chi connectivity index (χ4n) is 3.15. The minimum absolute atomic E-state index is 0.0793. The highest BCUT2D eigenvalue weighted by atomic mass is 35.5. The Kier molecular flexibility index (Phi) is 6.04. The molecule has 1 N–H and O–H groups in total. The van der Waals surface area contributed by atoms with Crippen molar-refractivity contribution in [2.75, 3.05) is 19.5 Å². The quantitative estimate of drug-likeness (QED) is 0.456. The zero-order chi connectivity index (χ0) is 22.7. The molecular formula is C21H19ClN6O4. The molecule has 0 aliphatic heterocycles. The van der Waals surface area contributed by atoms with Crippen molar-refractivity contribution in [2.45, 2.75) is 13.1 Å². The number of methoxy groups -OCH3 is 2. The second kappa shape index (κ2) is 9.06. The number of hydrogen-bond donors (Lipinski definition) is 1. The molecule has 0 spiro atoms. The van der Waals surface area contributed by atoms with E-state index in [0.29, 0.717) is 34.4 Å². The van der Waals surface area contributed by atoms with Gasteiger partial charge in [0.25, 0.3) is 5.56 Å². The fraction of sp³-hybridized carbons (Fsp3) is 0.190. The zero-order valence-electron chi connectivity index (χ0n) is 17.3. The molecule has 0 atom stereocenters. The summed E-state index contributed by atoms with van der Waals surface area (Å²) in [5.41, 5.74) is 1.34. The van der Waals surface area contributed by atoms with E-state index < -0.39 is 11.5 Å². The summed E-state index contributed by atoms with van der Waals surface area (Å²) in [4.78, 5) is 29.5. The average molecular weight is 455 g/mol. The molecule has 2 heterocycles. The lowest BCUT2D eigenvalue weighted by Crippen LogP contribution is -2.28. The smallest absolute Gasteiger partial charge is 0.283 e. The van der Waals surface area contributed by atoms with Gasteiger partial charge >= 0.3 is 0 Å². The van der Waals surface area contributed by atoms with Crippen molar-refractivity contribution in [3.63, 3.8) is 0 Å². The normalized spacial score (nSPS) is 10.8. The molecule has 1 amide bonds. The Morgan fingerprint density at radius 2 is 2.00 bits per heavy atom. The number of halogens is 1. The molecule has 0 unspecified atom stereocenters. The first-order chi connectivity index (χ1) is 15.5. The van der Waals surface area contributed by atoms with Crippen LogP contribution in [0.2, 0.25) is 5.02 Å². The van der Waals surface area contributed by atoms with E-state index in [0.717, 1.165) is 5.56 Å². The van der Waals surface area contributed by atoms with E-state index >= 15 is 0 Å². The number of hydrogen-bond acceptors (Lipinski definition) is 7. The van der Waals surface area contributed by atoms with Gasteiger partial charge in [0.2, 0.25) is 5.91 Å². The van der Waals surface area contributed by atoms with Crippen molar-refractivity contribution in [1.82, 2.24) is 24.5 Å². The zero-order valence-corrected chi connectivity index (χ0v) is 18.0. The Balaban J connectivity index is 1.52. The van der Waals surface area contributed by atoms with Crippen LogP contribution in [0.5, 0.6) is 11.5 Å². The number of carbonyl (C=O) groups excluding carboxylic acids is 1. The van der Waals surface area contributed by atoms with Gasteiger partial charge in [0.1, 0.15) is 24.4 Å². The van der Waals surface area contributed by atoms with E-state index in [1.807, 2.05) is 24.3 Å². The van der Waals surface area contributed by atoms with Crippen LogP contribution in [0.25, 0.3) is 11.2 Å². The number of fused-ring (bicyclic) bond motifs is 1. The lowest BCUT2D eigenvalue weighted by atomic mass is 10.2. The molecule has 164 valence electrons. The van der Waals surface area contributed by atoms with Gasteiger partial charge in [-0.1, -0.05) is 28.9 Å². The summed E-state index contributed by atoms with van der Waals surface area (Å²) in [7, 11) is 3.09. The van der Waals surface area contributed by atoms with Crippen LogP contribution in [-0.2, 0) is 17.9 Å². The molecule has 32 heavy (non-hydrogen) atoms. The Hall–Kier alpha value is -3.92. The number of benzene rings is 2. The Morgan fingerprint density at radius 3 is 2.75 bits per heavy atom. The predicted octanol–water partition coefficient (Wildman–Crippen LogP) is 2.35. The molecule has 4 aromatic rings. The minimum Gasteiger partial charge on any atom is -0.497 e. The monoisotopic (exact) mass is 454 g/mol. The standard InChI is InChI=1S/C21H19ClN6O4/c1-31-15-5-3-4-13(8-15)10-28-20-19(25-26-28)21(30)27(12-23-20)11-18(29)24-14-6-7-17(32-2)16(22)9-14/h3-9,12H,10-11H2,1-2H3,(H,24,29). The van der Waals surface area contributed by atoms with E-state index in [9.17, 15) is 9.59 Å². The lowest BCUT2D eigenvalue weighted by Gasteiger charge is -2.09. The molecule has 0 aliphatic rings. The highest BCUT2D eigenvalue weighted by Gasteiger charge is 2.15. The van der Waals surface area contributed by atoms with E-state index in [1.54, 1.807) is 25.3 Å². The number of anilines is 1. The fourth-order valence-corrected chi connectivity index (χ4v) is 3.41. The highest BCUT2D eigenvalue weighted by Crippen LogP contribution is 2.27. The molecule has 0 saturated carbocycles. The van der Waals surface area contributed by atoms with Gasteiger partial charge in [-0.15, -0.1) is 5.10 Å². The van der Waals surface area contributed by atoms with Crippen LogP contribution in [0, 0.1) is 0 Å². The summed E-state index contributed by atoms with van der Waals surface area (Å²) in [5.74, 6) is 0.789. The van der Waals surface area contributed by atoms with Crippen molar-refractivity contribution < 1.29 is 14.3 Å². The third-order valence-electron chi connectivity index (χ3n) is 4.71. The summed E-state index contributed by atoms with van der Waals surface area (Å²) in [6.07, 6.45) is 1.30. The van der Waals surface area contributed by atoms with Crippen LogP contribution in [0.3, 0.4) is 0 Å². The topological polar surface area (TPSA) is 113 Å². The van der Waals surface area contributed by atoms with E-state index in [4.69, 9.17) is 21.1 Å². The second-order valence-corrected chi connectivity index (χ2v) is 7.25. The van der Waals surface area contributed by atoms with E-state index in [1.165, 1.54) is 22.7 Å². The van der Waals surface area contributed by atoms with Gasteiger partial charge in [0.05, 0.1) is 25.8 Å². The minimum atomic E-state index is -0.463. The molecule has 0 saturated heterocycles. The molecule has 11 heteroatoms. The van der Waals surface area contributed by atoms with Crippen LogP contribution < -0.4 is 20.3 Å². The van der Waals surface area contributed by atoms with Crippen LogP contribution in [0.15, 0.2) is 53.6 Å².